The summed E-state index contributed by atoms with van der Waals surface area (Å²) in [6.45, 7) is 3.13. The Kier molecular flexibility index (Phi) is 6.60. The zero-order valence-corrected chi connectivity index (χ0v) is 18.9. The molecule has 5 nitrogen and oxygen atoms in total. The van der Waals surface area contributed by atoms with Crippen LogP contribution in [-0.4, -0.2) is 41.2 Å². The van der Waals surface area contributed by atoms with E-state index in [0.717, 1.165) is 16.2 Å². The zero-order valence-electron chi connectivity index (χ0n) is 18.1. The van der Waals surface area contributed by atoms with Crippen molar-refractivity contribution in [2.45, 2.75) is 37.6 Å². The van der Waals surface area contributed by atoms with Crippen LogP contribution in [0, 0.1) is 5.82 Å². The summed E-state index contributed by atoms with van der Waals surface area (Å²) >= 11 is 1.61. The van der Waals surface area contributed by atoms with E-state index in [1.165, 1.54) is 24.3 Å². The van der Waals surface area contributed by atoms with Crippen molar-refractivity contribution in [1.82, 2.24) is 10.2 Å². The molecule has 2 N–H and O–H groups in total. The van der Waals surface area contributed by atoms with E-state index in [2.05, 4.69) is 10.2 Å². The number of piperidine rings is 1. The molecular weight excluding hydrogens is 427 g/mol. The fraction of sp³-hybridized carbons (Fsp3) is 0.320. The molecule has 0 spiro atoms. The molecule has 0 saturated carbocycles. The molecule has 1 fully saturated rings. The molecule has 1 amide bonds. The van der Waals surface area contributed by atoms with Gasteiger partial charge >= 0.3 is 0 Å². The van der Waals surface area contributed by atoms with Crippen molar-refractivity contribution in [1.29, 1.82) is 0 Å². The molecule has 3 atom stereocenters. The number of carbonyl (C=O) groups excluding carboxylic acids is 1. The van der Waals surface area contributed by atoms with Gasteiger partial charge in [0.1, 0.15) is 11.6 Å². The summed E-state index contributed by atoms with van der Waals surface area (Å²) in [4.78, 5) is 16.4. The maximum atomic E-state index is 13.3. The van der Waals surface area contributed by atoms with Gasteiger partial charge in [0.05, 0.1) is 24.8 Å². The highest BCUT2D eigenvalue weighted by Gasteiger charge is 2.46. The molecule has 2 aromatic carbocycles. The Bertz CT molecular complexity index is 1040. The first-order valence-corrected chi connectivity index (χ1v) is 11.4. The van der Waals surface area contributed by atoms with Gasteiger partial charge in [-0.2, -0.15) is 0 Å². The first-order chi connectivity index (χ1) is 15.4. The monoisotopic (exact) mass is 454 g/mol. The number of benzene rings is 2. The highest BCUT2D eigenvalue weighted by molar-refractivity contribution is 7.10. The van der Waals surface area contributed by atoms with Crippen molar-refractivity contribution in [3.8, 4) is 5.75 Å². The lowest BCUT2D eigenvalue weighted by Gasteiger charge is -2.48. The van der Waals surface area contributed by atoms with E-state index in [1.54, 1.807) is 25.4 Å². The minimum absolute atomic E-state index is 0.203. The quantitative estimate of drug-likeness (QED) is 0.580. The van der Waals surface area contributed by atoms with Crippen molar-refractivity contribution < 1.29 is 19.0 Å². The predicted molar refractivity (Wildman–Crippen MR) is 123 cm³/mol. The van der Waals surface area contributed by atoms with E-state index in [0.29, 0.717) is 25.1 Å². The van der Waals surface area contributed by atoms with E-state index in [1.807, 2.05) is 41.8 Å². The topological polar surface area (TPSA) is 61.8 Å². The molecule has 1 aliphatic heterocycles. The molecule has 0 radical (unpaired) electrons. The summed E-state index contributed by atoms with van der Waals surface area (Å²) < 4.78 is 18.6. The van der Waals surface area contributed by atoms with Gasteiger partial charge in [0.25, 0.3) is 5.91 Å². The Morgan fingerprint density at radius 2 is 1.94 bits per heavy atom. The van der Waals surface area contributed by atoms with Gasteiger partial charge in [0.2, 0.25) is 0 Å². The summed E-state index contributed by atoms with van der Waals surface area (Å²) in [5, 5.41) is 16.3. The third-order valence-corrected chi connectivity index (χ3v) is 7.00. The number of methoxy groups -OCH3 is 1. The minimum Gasteiger partial charge on any atom is -0.497 e. The molecule has 4 rings (SSSR count). The van der Waals surface area contributed by atoms with Crippen LogP contribution >= 0.6 is 11.3 Å². The number of likely N-dealkylation sites (tertiary alicyclic amines) is 1. The second-order valence-electron chi connectivity index (χ2n) is 8.34. The third-order valence-electron chi connectivity index (χ3n) is 6.06. The number of hydrogen-bond acceptors (Lipinski definition) is 5. The van der Waals surface area contributed by atoms with E-state index < -0.39 is 17.5 Å². The van der Waals surface area contributed by atoms with E-state index in [-0.39, 0.29) is 11.9 Å². The fourth-order valence-corrected chi connectivity index (χ4v) is 5.12. The Labute approximate surface area is 191 Å². The van der Waals surface area contributed by atoms with Crippen molar-refractivity contribution in [2.24, 2.45) is 0 Å². The number of amides is 1. The lowest BCUT2D eigenvalue weighted by molar-refractivity contribution is -0.0656. The second kappa shape index (κ2) is 9.40. The van der Waals surface area contributed by atoms with Crippen molar-refractivity contribution >= 4 is 17.2 Å². The number of ether oxygens (including phenoxy) is 1. The van der Waals surface area contributed by atoms with Crippen LogP contribution in [0.4, 0.5) is 4.39 Å². The Morgan fingerprint density at radius 3 is 2.56 bits per heavy atom. The molecule has 2 heterocycles. The first-order valence-electron chi connectivity index (χ1n) is 10.6. The van der Waals surface area contributed by atoms with Crippen LogP contribution in [0.15, 0.2) is 66.0 Å². The number of thiophene rings is 1. The van der Waals surface area contributed by atoms with Gasteiger partial charge in [-0.3, -0.25) is 9.69 Å². The molecule has 32 heavy (non-hydrogen) atoms. The molecule has 0 bridgehead atoms. The van der Waals surface area contributed by atoms with Gasteiger partial charge in [-0.25, -0.2) is 4.39 Å². The SMILES string of the molecule is COc1ccc(CN2CCC(C)(O)C(NC(=O)c3ccc(F)cc3)C2c2cccs2)cc1. The fourth-order valence-electron chi connectivity index (χ4n) is 4.22. The summed E-state index contributed by atoms with van der Waals surface area (Å²) in [6, 6.07) is 16.6. The minimum atomic E-state index is -1.10. The van der Waals surface area contributed by atoms with Gasteiger partial charge in [-0.1, -0.05) is 18.2 Å². The van der Waals surface area contributed by atoms with Crippen LogP contribution < -0.4 is 10.1 Å². The predicted octanol–water partition coefficient (Wildman–Crippen LogP) is 4.39. The summed E-state index contributed by atoms with van der Waals surface area (Å²) in [7, 11) is 1.64. The zero-order chi connectivity index (χ0) is 22.7. The van der Waals surface area contributed by atoms with Crippen molar-refractivity contribution in [3.63, 3.8) is 0 Å². The third kappa shape index (κ3) is 4.85. The van der Waals surface area contributed by atoms with Gasteiger partial charge in [0, 0.05) is 23.5 Å². The van der Waals surface area contributed by atoms with Crippen LogP contribution in [0.2, 0.25) is 0 Å². The maximum absolute atomic E-state index is 13.3. The molecule has 1 aliphatic rings. The number of aliphatic hydroxyl groups is 1. The Hall–Kier alpha value is -2.74. The van der Waals surface area contributed by atoms with Gasteiger partial charge in [0.15, 0.2) is 0 Å². The molecule has 1 saturated heterocycles. The number of nitrogens with one attached hydrogen (secondary N) is 1. The molecule has 168 valence electrons. The highest BCUT2D eigenvalue weighted by atomic mass is 32.1. The number of nitrogens with zero attached hydrogens (tertiary/aromatic N) is 1. The normalized spacial score (nSPS) is 23.6. The Balaban J connectivity index is 1.63. The molecule has 7 heteroatoms. The smallest absolute Gasteiger partial charge is 0.251 e. The lowest BCUT2D eigenvalue weighted by Crippen LogP contribution is -2.62. The number of carbonyl (C=O) groups is 1. The Morgan fingerprint density at radius 1 is 1.22 bits per heavy atom. The van der Waals surface area contributed by atoms with E-state index >= 15 is 0 Å². The lowest BCUT2D eigenvalue weighted by atomic mass is 9.81. The number of rotatable bonds is 6. The summed E-state index contributed by atoms with van der Waals surface area (Å²) in [5.74, 6) is 0.0750. The summed E-state index contributed by atoms with van der Waals surface area (Å²) in [5.41, 5.74) is 0.387. The van der Waals surface area contributed by atoms with Crippen LogP contribution in [-0.2, 0) is 6.54 Å². The molecule has 3 unspecified atom stereocenters. The number of hydrogen-bond donors (Lipinski definition) is 2. The second-order valence-corrected chi connectivity index (χ2v) is 9.32. The maximum Gasteiger partial charge on any atom is 0.251 e. The van der Waals surface area contributed by atoms with Crippen LogP contribution in [0.5, 0.6) is 5.75 Å². The average molecular weight is 455 g/mol. The van der Waals surface area contributed by atoms with E-state index in [9.17, 15) is 14.3 Å². The number of halogens is 1. The molecule has 3 aromatic rings. The van der Waals surface area contributed by atoms with Crippen LogP contribution in [0.25, 0.3) is 0 Å². The first kappa shape index (κ1) is 22.5. The summed E-state index contributed by atoms with van der Waals surface area (Å²) in [6.07, 6.45) is 0.513. The largest absolute Gasteiger partial charge is 0.497 e. The molecule has 0 aliphatic carbocycles. The van der Waals surface area contributed by atoms with Gasteiger partial charge < -0.3 is 15.2 Å². The van der Waals surface area contributed by atoms with Crippen LogP contribution in [0.3, 0.4) is 0 Å². The van der Waals surface area contributed by atoms with Gasteiger partial charge in [-0.15, -0.1) is 11.3 Å². The molecule has 1 aromatic heterocycles. The standard InChI is InChI=1S/C25H27FN2O3S/c1-25(30)13-14-28(16-17-5-11-20(31-2)12-6-17)22(21-4-3-15-32-21)23(25)27-24(29)18-7-9-19(26)10-8-18/h3-12,15,22-23,30H,13-14,16H2,1-2H3,(H,27,29). The van der Waals surface area contributed by atoms with Gasteiger partial charge in [-0.05, 0) is 66.8 Å². The van der Waals surface area contributed by atoms with Crippen molar-refractivity contribution in [3.05, 3.63) is 87.9 Å². The van der Waals surface area contributed by atoms with Crippen LogP contribution in [0.1, 0.15) is 40.2 Å². The average Bonchev–Trinajstić information content (AvgIpc) is 3.31. The van der Waals surface area contributed by atoms with Crippen molar-refractivity contribution in [2.75, 3.05) is 13.7 Å². The van der Waals surface area contributed by atoms with E-state index in [4.69, 9.17) is 4.74 Å². The molecular formula is C25H27FN2O3S. The highest BCUT2D eigenvalue weighted by Crippen LogP contribution is 2.39.